The van der Waals surface area contributed by atoms with E-state index in [4.69, 9.17) is 10.5 Å². The predicted octanol–water partition coefficient (Wildman–Crippen LogP) is 2.95. The zero-order valence-electron chi connectivity index (χ0n) is 8.55. The molecule has 0 aromatic heterocycles. The first-order chi connectivity index (χ1) is 6.02. The molecule has 0 aliphatic rings. The highest BCUT2D eigenvalue weighted by atomic mass is 14.3. The van der Waals surface area contributed by atoms with Crippen molar-refractivity contribution < 1.29 is 0 Å². The first-order valence-corrected chi connectivity index (χ1v) is 4.22. The van der Waals surface area contributed by atoms with Crippen LogP contribution in [0.2, 0.25) is 0 Å². The molecule has 0 amide bonds. The van der Waals surface area contributed by atoms with E-state index in [1.54, 1.807) is 0 Å². The molecule has 0 spiro atoms. The van der Waals surface area contributed by atoms with Crippen molar-refractivity contribution in [2.75, 3.05) is 0 Å². The molecule has 0 saturated carbocycles. The second-order valence-electron chi connectivity index (χ2n) is 3.42. The monoisotopic (exact) mass is 174 g/mol. The fourth-order valence-corrected chi connectivity index (χ4v) is 0.951. The lowest BCUT2D eigenvalue weighted by molar-refractivity contribution is 0.827. The summed E-state index contributed by atoms with van der Waals surface area (Å²) in [5, 5.41) is 17.6. The van der Waals surface area contributed by atoms with Crippen LogP contribution in [0.4, 0.5) is 0 Å². The van der Waals surface area contributed by atoms with E-state index in [9.17, 15) is 0 Å². The Balaban J connectivity index is 5.16. The van der Waals surface area contributed by atoms with Gasteiger partial charge in [0.15, 0.2) is 0 Å². The lowest BCUT2D eigenvalue weighted by Crippen LogP contribution is -1.90. The van der Waals surface area contributed by atoms with Crippen LogP contribution < -0.4 is 0 Å². The summed E-state index contributed by atoms with van der Waals surface area (Å²) in [4.78, 5) is 0. The predicted molar refractivity (Wildman–Crippen MR) is 52.5 cm³/mol. The van der Waals surface area contributed by atoms with Gasteiger partial charge in [0, 0.05) is 0 Å². The van der Waals surface area contributed by atoms with Crippen molar-refractivity contribution in [3.05, 3.63) is 22.8 Å². The van der Waals surface area contributed by atoms with Crippen LogP contribution in [-0.2, 0) is 0 Å². The Bertz CT molecular complexity index is 315. The molecule has 0 unspecified atom stereocenters. The molecule has 13 heavy (non-hydrogen) atoms. The maximum absolute atomic E-state index is 8.82. The summed E-state index contributed by atoms with van der Waals surface area (Å²) in [6, 6.07) is 4.09. The van der Waals surface area contributed by atoms with Crippen LogP contribution in [0.15, 0.2) is 22.8 Å². The number of nitriles is 2. The molecular weight excluding hydrogens is 160 g/mol. The quantitative estimate of drug-likeness (QED) is 0.477. The molecule has 0 aliphatic heterocycles. The van der Waals surface area contributed by atoms with E-state index in [0.29, 0.717) is 11.1 Å². The van der Waals surface area contributed by atoms with E-state index < -0.39 is 0 Å². The maximum atomic E-state index is 8.82. The van der Waals surface area contributed by atoms with Crippen molar-refractivity contribution >= 4 is 0 Å². The van der Waals surface area contributed by atoms with Gasteiger partial charge in [-0.1, -0.05) is 25.5 Å². The Morgan fingerprint density at radius 2 is 1.69 bits per heavy atom. The van der Waals surface area contributed by atoms with Crippen LogP contribution in [0.1, 0.15) is 27.7 Å². The van der Waals surface area contributed by atoms with E-state index in [0.717, 1.165) is 5.57 Å². The zero-order chi connectivity index (χ0) is 10.4. The minimum atomic E-state index is 0.289. The zero-order valence-corrected chi connectivity index (χ0v) is 8.55. The Morgan fingerprint density at radius 1 is 1.15 bits per heavy atom. The van der Waals surface area contributed by atoms with E-state index >= 15 is 0 Å². The number of hydrogen-bond acceptors (Lipinski definition) is 2. The Labute approximate surface area is 79.8 Å². The van der Waals surface area contributed by atoms with Crippen LogP contribution in [0, 0.1) is 28.6 Å². The van der Waals surface area contributed by atoms with Gasteiger partial charge < -0.3 is 0 Å². The first-order valence-electron chi connectivity index (χ1n) is 4.22. The molecule has 0 aromatic carbocycles. The van der Waals surface area contributed by atoms with Crippen molar-refractivity contribution in [1.29, 1.82) is 10.5 Å². The van der Waals surface area contributed by atoms with Gasteiger partial charge in [-0.3, -0.25) is 0 Å². The average molecular weight is 174 g/mol. The second-order valence-corrected chi connectivity index (χ2v) is 3.42. The van der Waals surface area contributed by atoms with E-state index in [-0.39, 0.29) is 5.92 Å². The fourth-order valence-electron chi connectivity index (χ4n) is 0.951. The third kappa shape index (κ3) is 3.58. The van der Waals surface area contributed by atoms with Crippen LogP contribution in [-0.4, -0.2) is 0 Å². The summed E-state index contributed by atoms with van der Waals surface area (Å²) in [7, 11) is 0. The summed E-state index contributed by atoms with van der Waals surface area (Å²) in [5.74, 6) is 0.289. The standard InChI is InChI=1S/C11H14N2/c1-8(2)5-10(6-12)11(7-13)9(3)4/h5,8H,1-4H3/b10-5-. The maximum Gasteiger partial charge on any atom is 0.100 e. The Hall–Kier alpha value is -1.54. The topological polar surface area (TPSA) is 47.6 Å². The van der Waals surface area contributed by atoms with Gasteiger partial charge in [-0.25, -0.2) is 0 Å². The highest BCUT2D eigenvalue weighted by Crippen LogP contribution is 2.15. The number of rotatable bonds is 2. The smallest absolute Gasteiger partial charge is 0.100 e. The summed E-state index contributed by atoms with van der Waals surface area (Å²) in [5.41, 5.74) is 1.87. The van der Waals surface area contributed by atoms with Gasteiger partial charge in [0.25, 0.3) is 0 Å². The summed E-state index contributed by atoms with van der Waals surface area (Å²) in [6.45, 7) is 7.64. The molecule has 2 nitrogen and oxygen atoms in total. The van der Waals surface area contributed by atoms with E-state index in [1.807, 2.05) is 45.9 Å². The van der Waals surface area contributed by atoms with Crippen molar-refractivity contribution in [1.82, 2.24) is 0 Å². The second kappa shape index (κ2) is 5.17. The summed E-state index contributed by atoms with van der Waals surface area (Å²) < 4.78 is 0. The van der Waals surface area contributed by atoms with Gasteiger partial charge >= 0.3 is 0 Å². The molecule has 2 heteroatoms. The highest BCUT2D eigenvalue weighted by Gasteiger charge is 2.05. The molecule has 0 heterocycles. The number of allylic oxidation sites excluding steroid dienone is 4. The molecular formula is C11H14N2. The molecule has 0 N–H and O–H groups in total. The number of nitrogens with zero attached hydrogens (tertiary/aromatic N) is 2. The highest BCUT2D eigenvalue weighted by molar-refractivity contribution is 5.52. The largest absolute Gasteiger partial charge is 0.192 e. The molecule has 0 atom stereocenters. The van der Waals surface area contributed by atoms with Gasteiger partial charge in [0.1, 0.15) is 12.1 Å². The third-order valence-electron chi connectivity index (χ3n) is 1.50. The van der Waals surface area contributed by atoms with E-state index in [1.165, 1.54) is 0 Å². The van der Waals surface area contributed by atoms with Crippen molar-refractivity contribution in [3.63, 3.8) is 0 Å². The molecule has 0 aromatic rings. The van der Waals surface area contributed by atoms with Crippen molar-refractivity contribution in [2.24, 2.45) is 5.92 Å². The number of hydrogen-bond donors (Lipinski definition) is 0. The minimum Gasteiger partial charge on any atom is -0.192 e. The average Bonchev–Trinajstić information content (AvgIpc) is 2.02. The molecule has 0 fully saturated rings. The van der Waals surface area contributed by atoms with Crippen LogP contribution >= 0.6 is 0 Å². The molecule has 0 bridgehead atoms. The Kier molecular flexibility index (Phi) is 4.55. The van der Waals surface area contributed by atoms with Gasteiger partial charge in [0.05, 0.1) is 11.1 Å². The van der Waals surface area contributed by atoms with Gasteiger partial charge in [-0.2, -0.15) is 10.5 Å². The van der Waals surface area contributed by atoms with Gasteiger partial charge in [0.2, 0.25) is 0 Å². The van der Waals surface area contributed by atoms with Gasteiger partial charge in [-0.05, 0) is 19.8 Å². The molecule has 0 rings (SSSR count). The van der Waals surface area contributed by atoms with Crippen LogP contribution in [0.3, 0.4) is 0 Å². The summed E-state index contributed by atoms with van der Waals surface area (Å²) >= 11 is 0. The fraction of sp³-hybridized carbons (Fsp3) is 0.455. The summed E-state index contributed by atoms with van der Waals surface area (Å²) in [6.07, 6.45) is 1.81. The van der Waals surface area contributed by atoms with E-state index in [2.05, 4.69) is 0 Å². The first kappa shape index (κ1) is 11.5. The molecule has 0 aliphatic carbocycles. The molecule has 68 valence electrons. The Morgan fingerprint density at radius 3 is 1.92 bits per heavy atom. The molecule has 0 radical (unpaired) electrons. The van der Waals surface area contributed by atoms with Gasteiger partial charge in [-0.15, -0.1) is 0 Å². The lowest BCUT2D eigenvalue weighted by atomic mass is 10.0. The van der Waals surface area contributed by atoms with Crippen molar-refractivity contribution in [2.45, 2.75) is 27.7 Å². The third-order valence-corrected chi connectivity index (χ3v) is 1.50. The normalized spacial score (nSPS) is 10.5. The van der Waals surface area contributed by atoms with Crippen LogP contribution in [0.5, 0.6) is 0 Å². The molecule has 0 saturated heterocycles. The minimum absolute atomic E-state index is 0.289. The SMILES string of the molecule is CC(C)=C(C#N)/C(C#N)=C\C(C)C. The lowest BCUT2D eigenvalue weighted by Gasteiger charge is -2.00. The van der Waals surface area contributed by atoms with Crippen molar-refractivity contribution in [3.8, 4) is 12.1 Å². The van der Waals surface area contributed by atoms with Crippen LogP contribution in [0.25, 0.3) is 0 Å².